The van der Waals surface area contributed by atoms with Crippen molar-refractivity contribution < 1.29 is 8.42 Å². The highest BCUT2D eigenvalue weighted by Gasteiger charge is 2.30. The first-order chi connectivity index (χ1) is 15.9. The number of aromatic nitrogens is 5. The van der Waals surface area contributed by atoms with Crippen LogP contribution < -0.4 is 0 Å². The molecule has 4 aromatic rings. The molecule has 1 N–H and O–H groups in total. The van der Waals surface area contributed by atoms with Crippen LogP contribution in [0.25, 0.3) is 22.2 Å². The van der Waals surface area contributed by atoms with Gasteiger partial charge < -0.3 is 9.88 Å². The third-order valence-electron chi connectivity index (χ3n) is 6.44. The third kappa shape index (κ3) is 4.29. The van der Waals surface area contributed by atoms with Crippen molar-refractivity contribution in [3.63, 3.8) is 0 Å². The monoisotopic (exact) mass is 465 g/mol. The Labute approximate surface area is 193 Å². The number of nitrogens with zero attached hydrogens (tertiary/aromatic N) is 6. The summed E-state index contributed by atoms with van der Waals surface area (Å²) in [6.07, 6.45) is 6.91. The number of hydrogen-bond acceptors (Lipinski definition) is 6. The normalized spacial score (nSPS) is 16.1. The maximum absolute atomic E-state index is 13.2. The molecule has 3 aromatic heterocycles. The number of benzene rings is 1. The zero-order valence-corrected chi connectivity index (χ0v) is 19.5. The minimum absolute atomic E-state index is 0.0361. The summed E-state index contributed by atoms with van der Waals surface area (Å²) in [5.41, 5.74) is 3.68. The van der Waals surface area contributed by atoms with Crippen molar-refractivity contribution in [2.24, 2.45) is 0 Å². The molecule has 0 atom stereocenters. The smallest absolute Gasteiger partial charge is 0.243 e. The SMILES string of the molecule is CN1CCC(N(C)S(=O)(=O)c2ccc(-c3ccnc4[nH]c(Cn5ccnn5)cc34)cc2)CC1. The van der Waals surface area contributed by atoms with Gasteiger partial charge in [0.25, 0.3) is 0 Å². The number of aromatic amines is 1. The van der Waals surface area contributed by atoms with Crippen molar-refractivity contribution in [1.82, 2.24) is 34.2 Å². The summed E-state index contributed by atoms with van der Waals surface area (Å²) in [6, 6.07) is 11.2. The van der Waals surface area contributed by atoms with E-state index in [0.29, 0.717) is 11.4 Å². The number of piperidine rings is 1. The summed E-state index contributed by atoms with van der Waals surface area (Å²) < 4.78 is 29.7. The van der Waals surface area contributed by atoms with Gasteiger partial charge in [-0.3, -0.25) is 0 Å². The molecule has 1 saturated heterocycles. The number of pyridine rings is 1. The van der Waals surface area contributed by atoms with Crippen molar-refractivity contribution in [3.05, 3.63) is 60.7 Å². The molecule has 0 amide bonds. The summed E-state index contributed by atoms with van der Waals surface area (Å²) in [5.74, 6) is 0. The Morgan fingerprint density at radius 1 is 1.12 bits per heavy atom. The second-order valence-corrected chi connectivity index (χ2v) is 10.6. The Kier molecular flexibility index (Phi) is 5.73. The molecule has 9 nitrogen and oxygen atoms in total. The molecule has 1 aliphatic rings. The Bertz CT molecular complexity index is 1340. The molecule has 172 valence electrons. The average molecular weight is 466 g/mol. The van der Waals surface area contributed by atoms with Crippen LogP contribution in [0.2, 0.25) is 0 Å². The molecular formula is C23H27N7O2S. The maximum Gasteiger partial charge on any atom is 0.243 e. The molecule has 0 spiro atoms. The van der Waals surface area contributed by atoms with Crippen molar-refractivity contribution in [3.8, 4) is 11.1 Å². The summed E-state index contributed by atoms with van der Waals surface area (Å²) in [5, 5.41) is 8.83. The van der Waals surface area contributed by atoms with E-state index >= 15 is 0 Å². The van der Waals surface area contributed by atoms with E-state index in [9.17, 15) is 8.42 Å². The Balaban J connectivity index is 1.40. The second kappa shape index (κ2) is 8.69. The Hall–Kier alpha value is -3.08. The number of nitrogens with one attached hydrogen (secondary N) is 1. The number of likely N-dealkylation sites (tertiary alicyclic amines) is 1. The van der Waals surface area contributed by atoms with Crippen LogP contribution in [0.15, 0.2) is 59.9 Å². The molecule has 0 unspecified atom stereocenters. The summed E-state index contributed by atoms with van der Waals surface area (Å²) in [6.45, 7) is 2.39. The van der Waals surface area contributed by atoms with Crippen LogP contribution in [0.1, 0.15) is 18.5 Å². The van der Waals surface area contributed by atoms with Gasteiger partial charge in [0, 0.05) is 36.6 Å². The molecule has 33 heavy (non-hydrogen) atoms. The van der Waals surface area contributed by atoms with Gasteiger partial charge in [0.1, 0.15) is 5.65 Å². The fourth-order valence-corrected chi connectivity index (χ4v) is 5.85. The molecule has 4 heterocycles. The van der Waals surface area contributed by atoms with E-state index in [4.69, 9.17) is 0 Å². The molecule has 10 heteroatoms. The quantitative estimate of drug-likeness (QED) is 0.470. The standard InChI is InChI=1S/C23H27N7O2S/c1-28-12-8-19(9-13-28)29(2)33(31,32)20-5-3-17(4-6-20)21-7-10-24-23-22(21)15-18(26-23)16-30-14-11-25-27-30/h3-7,10-11,14-15,19H,8-9,12-13,16H2,1-2H3,(H,24,26). The molecule has 0 saturated carbocycles. The lowest BCUT2D eigenvalue weighted by Crippen LogP contribution is -2.44. The lowest BCUT2D eigenvalue weighted by Gasteiger charge is -2.34. The van der Waals surface area contributed by atoms with Crippen LogP contribution in [-0.4, -0.2) is 75.8 Å². The van der Waals surface area contributed by atoms with Crippen LogP contribution >= 0.6 is 0 Å². The first-order valence-corrected chi connectivity index (χ1v) is 12.4. The van der Waals surface area contributed by atoms with Crippen molar-refractivity contribution in [2.75, 3.05) is 27.2 Å². The predicted octanol–water partition coefficient (Wildman–Crippen LogP) is 2.58. The van der Waals surface area contributed by atoms with Crippen molar-refractivity contribution >= 4 is 21.1 Å². The van der Waals surface area contributed by atoms with Crippen molar-refractivity contribution in [2.45, 2.75) is 30.3 Å². The highest BCUT2D eigenvalue weighted by molar-refractivity contribution is 7.89. The molecule has 5 rings (SSSR count). The molecular weight excluding hydrogens is 438 g/mol. The number of fused-ring (bicyclic) bond motifs is 1. The van der Waals surface area contributed by atoms with E-state index in [0.717, 1.165) is 53.8 Å². The first kappa shape index (κ1) is 21.7. The van der Waals surface area contributed by atoms with E-state index in [1.165, 1.54) is 0 Å². The first-order valence-electron chi connectivity index (χ1n) is 11.0. The fraction of sp³-hybridized carbons (Fsp3) is 0.348. The largest absolute Gasteiger partial charge is 0.342 e. The zero-order chi connectivity index (χ0) is 23.0. The minimum atomic E-state index is -3.54. The van der Waals surface area contributed by atoms with Crippen molar-refractivity contribution in [1.29, 1.82) is 0 Å². The number of H-pyrrole nitrogens is 1. The van der Waals surface area contributed by atoms with Gasteiger partial charge in [-0.25, -0.2) is 18.1 Å². The van der Waals surface area contributed by atoms with Crippen LogP contribution in [-0.2, 0) is 16.6 Å². The van der Waals surface area contributed by atoms with Gasteiger partial charge in [0.15, 0.2) is 0 Å². The van der Waals surface area contributed by atoms with Gasteiger partial charge in [0.05, 0.1) is 17.6 Å². The highest BCUT2D eigenvalue weighted by atomic mass is 32.2. The number of sulfonamides is 1. The molecule has 1 aliphatic heterocycles. The number of hydrogen-bond donors (Lipinski definition) is 1. The van der Waals surface area contributed by atoms with Gasteiger partial charge >= 0.3 is 0 Å². The van der Waals surface area contributed by atoms with Gasteiger partial charge in [-0.15, -0.1) is 5.10 Å². The summed E-state index contributed by atoms with van der Waals surface area (Å²) in [7, 11) is 0.226. The topological polar surface area (TPSA) is 100 Å². The van der Waals surface area contributed by atoms with E-state index in [1.807, 2.05) is 24.4 Å². The summed E-state index contributed by atoms with van der Waals surface area (Å²) in [4.78, 5) is 10.3. The van der Waals surface area contributed by atoms with Gasteiger partial charge in [-0.1, -0.05) is 17.3 Å². The molecule has 1 fully saturated rings. The lowest BCUT2D eigenvalue weighted by atomic mass is 10.0. The molecule has 0 bridgehead atoms. The molecule has 1 aromatic carbocycles. The molecule has 0 aliphatic carbocycles. The third-order valence-corrected chi connectivity index (χ3v) is 8.36. The van der Waals surface area contributed by atoms with Crippen LogP contribution in [0.3, 0.4) is 0 Å². The van der Waals surface area contributed by atoms with Crippen LogP contribution in [0, 0.1) is 0 Å². The zero-order valence-electron chi connectivity index (χ0n) is 18.7. The lowest BCUT2D eigenvalue weighted by molar-refractivity contribution is 0.197. The van der Waals surface area contributed by atoms with Gasteiger partial charge in [-0.05, 0) is 68.4 Å². The predicted molar refractivity (Wildman–Crippen MR) is 126 cm³/mol. The van der Waals surface area contributed by atoms with Crippen LogP contribution in [0.4, 0.5) is 0 Å². The van der Waals surface area contributed by atoms with Gasteiger partial charge in [-0.2, -0.15) is 4.31 Å². The maximum atomic E-state index is 13.2. The second-order valence-electron chi connectivity index (χ2n) is 8.60. The number of rotatable bonds is 6. The fourth-order valence-electron chi connectivity index (χ4n) is 4.44. The van der Waals surface area contributed by atoms with E-state index in [2.05, 4.69) is 38.3 Å². The van der Waals surface area contributed by atoms with E-state index < -0.39 is 10.0 Å². The average Bonchev–Trinajstić information content (AvgIpc) is 3.48. The highest BCUT2D eigenvalue weighted by Crippen LogP contribution is 2.30. The van der Waals surface area contributed by atoms with Crippen LogP contribution in [0.5, 0.6) is 0 Å². The Morgan fingerprint density at radius 3 is 2.58 bits per heavy atom. The van der Waals surface area contributed by atoms with Gasteiger partial charge in [0.2, 0.25) is 10.0 Å². The minimum Gasteiger partial charge on any atom is -0.342 e. The van der Waals surface area contributed by atoms with E-state index in [1.54, 1.807) is 40.6 Å². The Morgan fingerprint density at radius 2 is 1.88 bits per heavy atom. The summed E-state index contributed by atoms with van der Waals surface area (Å²) >= 11 is 0. The molecule has 0 radical (unpaired) electrons. The van der Waals surface area contributed by atoms with E-state index in [-0.39, 0.29) is 6.04 Å².